The van der Waals surface area contributed by atoms with Crippen LogP contribution in [0.5, 0.6) is 5.75 Å². The summed E-state index contributed by atoms with van der Waals surface area (Å²) in [5.74, 6) is 0.175. The van der Waals surface area contributed by atoms with Crippen LogP contribution in [0, 0.1) is 6.92 Å². The fraction of sp³-hybridized carbons (Fsp3) is 0.760. The number of hydrogen-bond acceptors (Lipinski definition) is 3. The summed E-state index contributed by atoms with van der Waals surface area (Å²) in [5, 5.41) is 0. The van der Waals surface area contributed by atoms with Crippen LogP contribution in [0.15, 0.2) is 24.3 Å². The molecule has 1 aromatic rings. The zero-order chi connectivity index (χ0) is 23.2. The first-order valence-corrected chi connectivity index (χ1v) is 13.9. The minimum absolute atomic E-state index is 0.175. The second kappa shape index (κ2) is 21.0. The van der Waals surface area contributed by atoms with Gasteiger partial charge in [0.2, 0.25) is 0 Å². The van der Waals surface area contributed by atoms with Gasteiger partial charge < -0.3 is 10.3 Å². The second-order valence-electron chi connectivity index (χ2n) is 8.49. The average molecular weight is 458 g/mol. The van der Waals surface area contributed by atoms with Crippen molar-refractivity contribution in [1.29, 1.82) is 0 Å². The van der Waals surface area contributed by atoms with Crippen LogP contribution in [0.3, 0.4) is 0 Å². The topological polar surface area (TPSA) is 92.8 Å². The third-order valence-electron chi connectivity index (χ3n) is 5.30. The summed E-state index contributed by atoms with van der Waals surface area (Å²) in [6.07, 6.45) is 22.9. The molecular weight excluding hydrogens is 409 g/mol. The van der Waals surface area contributed by atoms with Crippen LogP contribution in [0.25, 0.3) is 0 Å². The van der Waals surface area contributed by atoms with Gasteiger partial charge in [-0.1, -0.05) is 121 Å². The molecule has 182 valence electrons. The summed E-state index contributed by atoms with van der Waals surface area (Å²) in [7, 11) is -4.40. The first kappa shape index (κ1) is 30.1. The summed E-state index contributed by atoms with van der Waals surface area (Å²) < 4.78 is 14.7. The largest absolute Gasteiger partial charge is 0.524 e. The fourth-order valence-corrected chi connectivity index (χ4v) is 3.83. The Morgan fingerprint density at radius 3 is 1.39 bits per heavy atom. The Morgan fingerprint density at radius 2 is 1.06 bits per heavy atom. The number of hydrogen-bond donors (Lipinski definition) is 3. The molecule has 0 bridgehead atoms. The average Bonchev–Trinajstić information content (AvgIpc) is 2.72. The summed E-state index contributed by atoms with van der Waals surface area (Å²) in [6.45, 7) is 5.04. The van der Waals surface area contributed by atoms with Crippen LogP contribution in [-0.4, -0.2) is 16.3 Å². The molecule has 0 heterocycles. The summed E-state index contributed by atoms with van der Waals surface area (Å²) in [5.41, 5.74) is 6.49. The van der Waals surface area contributed by atoms with Gasteiger partial charge in [0.05, 0.1) is 0 Å². The number of phosphoric acid groups is 1. The lowest BCUT2D eigenvalue weighted by molar-refractivity contribution is 0.283. The molecule has 0 radical (unpaired) electrons. The molecule has 1 rings (SSSR count). The Bertz CT molecular complexity index is 529. The first-order valence-electron chi connectivity index (χ1n) is 12.4. The molecule has 0 aliphatic carbocycles. The molecule has 0 amide bonds. The van der Waals surface area contributed by atoms with E-state index in [9.17, 15) is 4.57 Å². The highest BCUT2D eigenvalue weighted by molar-refractivity contribution is 7.46. The van der Waals surface area contributed by atoms with Gasteiger partial charge in [-0.2, -0.15) is 0 Å². The Hall–Kier alpha value is -0.870. The van der Waals surface area contributed by atoms with Gasteiger partial charge in [-0.3, -0.25) is 9.79 Å². The monoisotopic (exact) mass is 457 g/mol. The van der Waals surface area contributed by atoms with E-state index in [-0.39, 0.29) is 5.75 Å². The number of nitrogens with two attached hydrogens (primary N) is 1. The maximum atomic E-state index is 10.4. The van der Waals surface area contributed by atoms with E-state index >= 15 is 0 Å². The lowest BCUT2D eigenvalue weighted by Gasteiger charge is -2.05. The van der Waals surface area contributed by atoms with E-state index in [4.69, 9.17) is 15.5 Å². The third-order valence-corrected chi connectivity index (χ3v) is 5.75. The van der Waals surface area contributed by atoms with Crippen LogP contribution < -0.4 is 10.3 Å². The second-order valence-corrected chi connectivity index (χ2v) is 9.65. The lowest BCUT2D eigenvalue weighted by Crippen LogP contribution is -1.97. The molecule has 0 saturated heterocycles. The SMILES string of the molecule is CCCCCCCCCCCCCCCCCCN.Cc1ccc(OP(=O)(O)O)cc1. The van der Waals surface area contributed by atoms with Crippen LogP contribution in [0.2, 0.25) is 0 Å². The standard InChI is InChI=1S/C18H39N.C7H9O4P/c1-2-3-4-5-6-7-8-9-10-11-12-13-14-15-16-17-18-19;1-6-2-4-7(5-3-6)11-12(8,9)10/h2-19H2,1H3;2-5H,1H3,(H2,8,9,10). The van der Waals surface area contributed by atoms with Gasteiger partial charge in [-0.15, -0.1) is 0 Å². The molecule has 0 atom stereocenters. The van der Waals surface area contributed by atoms with E-state index in [0.29, 0.717) is 0 Å². The van der Waals surface area contributed by atoms with Gasteiger partial charge in [-0.05, 0) is 32.0 Å². The highest BCUT2D eigenvalue weighted by Gasteiger charge is 2.14. The predicted octanol–water partition coefficient (Wildman–Crippen LogP) is 7.67. The number of aryl methyl sites for hydroxylation is 1. The molecular formula is C25H48NO4P. The van der Waals surface area contributed by atoms with Crippen molar-refractivity contribution in [2.75, 3.05) is 6.54 Å². The van der Waals surface area contributed by atoms with Crippen LogP contribution in [-0.2, 0) is 4.57 Å². The van der Waals surface area contributed by atoms with Crippen molar-refractivity contribution < 1.29 is 18.9 Å². The van der Waals surface area contributed by atoms with Gasteiger partial charge in [0, 0.05) is 0 Å². The number of rotatable bonds is 18. The van der Waals surface area contributed by atoms with Crippen LogP contribution in [0.4, 0.5) is 0 Å². The minimum atomic E-state index is -4.40. The van der Waals surface area contributed by atoms with E-state index in [1.165, 1.54) is 115 Å². The zero-order valence-corrected chi connectivity index (χ0v) is 21.0. The predicted molar refractivity (Wildman–Crippen MR) is 132 cm³/mol. The molecule has 0 unspecified atom stereocenters. The van der Waals surface area contributed by atoms with Crippen LogP contribution in [0.1, 0.15) is 115 Å². The zero-order valence-electron chi connectivity index (χ0n) is 20.1. The highest BCUT2D eigenvalue weighted by Crippen LogP contribution is 2.37. The van der Waals surface area contributed by atoms with E-state index in [0.717, 1.165) is 12.1 Å². The van der Waals surface area contributed by atoms with Crippen molar-refractivity contribution in [3.63, 3.8) is 0 Å². The van der Waals surface area contributed by atoms with E-state index in [1.54, 1.807) is 12.1 Å². The lowest BCUT2D eigenvalue weighted by atomic mass is 10.0. The molecule has 0 saturated carbocycles. The van der Waals surface area contributed by atoms with E-state index in [1.807, 2.05) is 6.92 Å². The molecule has 6 heteroatoms. The maximum absolute atomic E-state index is 10.4. The van der Waals surface area contributed by atoms with Crippen molar-refractivity contribution in [3.8, 4) is 5.75 Å². The van der Waals surface area contributed by atoms with Crippen molar-refractivity contribution in [2.45, 2.75) is 117 Å². The van der Waals surface area contributed by atoms with Gasteiger partial charge >= 0.3 is 7.82 Å². The molecule has 4 N–H and O–H groups in total. The van der Waals surface area contributed by atoms with Gasteiger partial charge in [0.15, 0.2) is 0 Å². The first-order chi connectivity index (χ1) is 14.9. The molecule has 0 fully saturated rings. The van der Waals surface area contributed by atoms with Gasteiger partial charge in [0.1, 0.15) is 5.75 Å². The van der Waals surface area contributed by atoms with Crippen molar-refractivity contribution in [1.82, 2.24) is 0 Å². The Labute approximate surface area is 191 Å². The third kappa shape index (κ3) is 23.6. The van der Waals surface area contributed by atoms with Gasteiger partial charge in [-0.25, -0.2) is 4.57 Å². The molecule has 0 aromatic heterocycles. The van der Waals surface area contributed by atoms with Crippen molar-refractivity contribution in [3.05, 3.63) is 29.8 Å². The smallest absolute Gasteiger partial charge is 0.404 e. The number of benzene rings is 1. The highest BCUT2D eigenvalue weighted by atomic mass is 31.2. The quantitative estimate of drug-likeness (QED) is 0.155. The fourth-order valence-electron chi connectivity index (χ4n) is 3.43. The summed E-state index contributed by atoms with van der Waals surface area (Å²) in [4.78, 5) is 16.9. The molecule has 0 aliphatic rings. The number of unbranched alkanes of at least 4 members (excludes halogenated alkanes) is 15. The maximum Gasteiger partial charge on any atom is 0.524 e. The summed E-state index contributed by atoms with van der Waals surface area (Å²) in [6, 6.07) is 6.44. The van der Waals surface area contributed by atoms with E-state index < -0.39 is 7.82 Å². The van der Waals surface area contributed by atoms with Crippen molar-refractivity contribution in [2.24, 2.45) is 5.73 Å². The molecule has 5 nitrogen and oxygen atoms in total. The normalized spacial score (nSPS) is 11.1. The number of phosphoric ester groups is 1. The molecule has 0 spiro atoms. The van der Waals surface area contributed by atoms with Gasteiger partial charge in [0.25, 0.3) is 0 Å². The Morgan fingerprint density at radius 1 is 0.710 bits per heavy atom. The molecule has 31 heavy (non-hydrogen) atoms. The molecule has 0 aliphatic heterocycles. The van der Waals surface area contributed by atoms with Crippen molar-refractivity contribution >= 4 is 7.82 Å². The van der Waals surface area contributed by atoms with E-state index in [2.05, 4.69) is 11.4 Å². The van der Waals surface area contributed by atoms with Crippen LogP contribution >= 0.6 is 7.82 Å². The summed E-state index contributed by atoms with van der Waals surface area (Å²) >= 11 is 0. The Balaban J connectivity index is 0.000000639. The minimum Gasteiger partial charge on any atom is -0.404 e. The molecule has 1 aromatic carbocycles. The Kier molecular flexibility index (Phi) is 20.4.